The van der Waals surface area contributed by atoms with Crippen molar-refractivity contribution in [1.82, 2.24) is 0 Å². The monoisotopic (exact) mass is 506 g/mol. The minimum Gasteiger partial charge on any atom is -0.0763 e. The van der Waals surface area contributed by atoms with Crippen molar-refractivity contribution in [2.45, 2.75) is 92.3 Å². The Hall–Kier alpha value is -2.64. The summed E-state index contributed by atoms with van der Waals surface area (Å²) in [5.41, 5.74) is 13.3. The first-order valence-corrected chi connectivity index (χ1v) is 16.9. The highest BCUT2D eigenvalue weighted by atomic mass is 28.3. The van der Waals surface area contributed by atoms with E-state index in [1.165, 1.54) is 73.8 Å². The van der Waals surface area contributed by atoms with Gasteiger partial charge < -0.3 is 0 Å². The molecule has 0 nitrogen and oxygen atoms in total. The Labute approximate surface area is 227 Å². The van der Waals surface area contributed by atoms with E-state index >= 15 is 0 Å². The lowest BCUT2D eigenvalue weighted by atomic mass is 9.63. The lowest BCUT2D eigenvalue weighted by Gasteiger charge is -2.39. The van der Waals surface area contributed by atoms with Gasteiger partial charge >= 0.3 is 0 Å². The van der Waals surface area contributed by atoms with Crippen molar-refractivity contribution < 1.29 is 0 Å². The molecule has 0 saturated carbocycles. The Morgan fingerprint density at radius 1 is 0.541 bits per heavy atom. The SMILES string of the molecule is CC[Si](CC)(CC)C1=CC(C(c2cc(C)cc(C)c2)(c2cc(C)cc(C)c2)c2cc(C)cc(C)c2)=CC1. The molecule has 0 saturated heterocycles. The number of aryl methyl sites for hydroxylation is 6. The van der Waals surface area contributed by atoms with Gasteiger partial charge in [-0.2, -0.15) is 0 Å². The topological polar surface area (TPSA) is 0 Å². The number of hydrogen-bond acceptors (Lipinski definition) is 0. The van der Waals surface area contributed by atoms with Gasteiger partial charge in [-0.1, -0.05) is 144 Å². The smallest absolute Gasteiger partial charge is 0.0763 e. The molecule has 194 valence electrons. The summed E-state index contributed by atoms with van der Waals surface area (Å²) in [6.45, 7) is 20.8. The molecule has 0 spiro atoms. The Morgan fingerprint density at radius 2 is 0.865 bits per heavy atom. The summed E-state index contributed by atoms with van der Waals surface area (Å²) < 4.78 is 0. The molecule has 0 aromatic heterocycles. The Morgan fingerprint density at radius 3 is 1.16 bits per heavy atom. The van der Waals surface area contributed by atoms with Crippen LogP contribution in [0.3, 0.4) is 0 Å². The van der Waals surface area contributed by atoms with Crippen LogP contribution in [0, 0.1) is 41.5 Å². The molecule has 3 aromatic carbocycles. The van der Waals surface area contributed by atoms with Gasteiger partial charge in [-0.05, 0) is 70.2 Å². The zero-order valence-electron chi connectivity index (χ0n) is 24.7. The molecule has 3 aromatic rings. The van der Waals surface area contributed by atoms with E-state index < -0.39 is 8.07 Å². The summed E-state index contributed by atoms with van der Waals surface area (Å²) in [5.74, 6) is 0. The molecule has 0 unspecified atom stereocenters. The Balaban J connectivity index is 2.16. The predicted octanol–water partition coefficient (Wildman–Crippen LogP) is 10.2. The molecular formula is C36H46Si. The fourth-order valence-electron chi connectivity index (χ4n) is 7.16. The molecular weight excluding hydrogens is 460 g/mol. The average molecular weight is 507 g/mol. The van der Waals surface area contributed by atoms with Crippen LogP contribution in [0.4, 0.5) is 0 Å². The zero-order chi connectivity index (χ0) is 27.0. The number of allylic oxidation sites excluding steroid dienone is 4. The molecule has 0 heterocycles. The largest absolute Gasteiger partial charge is 0.0811 e. The second kappa shape index (κ2) is 10.6. The number of rotatable bonds is 8. The van der Waals surface area contributed by atoms with Crippen molar-refractivity contribution in [2.24, 2.45) is 0 Å². The summed E-state index contributed by atoms with van der Waals surface area (Å²) in [5, 5.41) is 1.75. The van der Waals surface area contributed by atoms with E-state index in [1.54, 1.807) is 5.20 Å². The van der Waals surface area contributed by atoms with Gasteiger partial charge in [0.25, 0.3) is 0 Å². The molecule has 1 aliphatic rings. The summed E-state index contributed by atoms with van der Waals surface area (Å²) >= 11 is 0. The molecule has 1 heteroatoms. The van der Waals surface area contributed by atoms with Gasteiger partial charge in [0.15, 0.2) is 0 Å². The molecule has 37 heavy (non-hydrogen) atoms. The van der Waals surface area contributed by atoms with Crippen LogP contribution >= 0.6 is 0 Å². The minimum absolute atomic E-state index is 0.346. The molecule has 0 N–H and O–H groups in total. The van der Waals surface area contributed by atoms with Gasteiger partial charge in [-0.3, -0.25) is 0 Å². The molecule has 0 radical (unpaired) electrons. The van der Waals surface area contributed by atoms with E-state index in [0.717, 1.165) is 6.42 Å². The molecule has 4 rings (SSSR count). The highest BCUT2D eigenvalue weighted by Gasteiger charge is 2.43. The summed E-state index contributed by atoms with van der Waals surface area (Å²) in [6, 6.07) is 25.6. The third kappa shape index (κ3) is 4.96. The lowest BCUT2D eigenvalue weighted by molar-refractivity contribution is 0.738. The van der Waals surface area contributed by atoms with E-state index in [4.69, 9.17) is 0 Å². The van der Waals surface area contributed by atoms with Crippen molar-refractivity contribution in [3.05, 3.63) is 128 Å². The van der Waals surface area contributed by atoms with Gasteiger partial charge in [0.05, 0.1) is 13.5 Å². The van der Waals surface area contributed by atoms with Crippen molar-refractivity contribution in [2.75, 3.05) is 0 Å². The molecule has 0 bridgehead atoms. The third-order valence-electron chi connectivity index (χ3n) is 8.98. The lowest BCUT2D eigenvalue weighted by Crippen LogP contribution is -2.34. The zero-order valence-corrected chi connectivity index (χ0v) is 25.7. The van der Waals surface area contributed by atoms with Crippen LogP contribution in [0.2, 0.25) is 18.1 Å². The number of hydrogen-bond donors (Lipinski definition) is 0. The van der Waals surface area contributed by atoms with Crippen molar-refractivity contribution in [3.8, 4) is 0 Å². The maximum absolute atomic E-state index is 2.66. The minimum atomic E-state index is -1.46. The first kappa shape index (κ1) is 27.4. The van der Waals surface area contributed by atoms with E-state index in [-0.39, 0.29) is 5.41 Å². The second-order valence-corrected chi connectivity index (χ2v) is 17.1. The molecule has 0 atom stereocenters. The van der Waals surface area contributed by atoms with Gasteiger partial charge in [0, 0.05) is 0 Å². The summed E-state index contributed by atoms with van der Waals surface area (Å²) in [6.07, 6.45) is 6.36. The quantitative estimate of drug-likeness (QED) is 0.210. The van der Waals surface area contributed by atoms with Crippen LogP contribution < -0.4 is 0 Å². The van der Waals surface area contributed by atoms with Gasteiger partial charge in [-0.25, -0.2) is 0 Å². The van der Waals surface area contributed by atoms with E-state index in [1.807, 2.05) is 0 Å². The summed E-state index contributed by atoms with van der Waals surface area (Å²) in [4.78, 5) is 0. The van der Waals surface area contributed by atoms with Crippen molar-refractivity contribution in [1.29, 1.82) is 0 Å². The Kier molecular flexibility index (Phi) is 7.86. The number of benzene rings is 3. The van der Waals surface area contributed by atoms with Gasteiger partial charge in [0.1, 0.15) is 0 Å². The van der Waals surface area contributed by atoms with E-state index in [9.17, 15) is 0 Å². The molecule has 0 aliphatic heterocycles. The van der Waals surface area contributed by atoms with Crippen LogP contribution in [0.25, 0.3) is 0 Å². The highest BCUT2D eigenvalue weighted by molar-refractivity contribution is 6.86. The first-order chi connectivity index (χ1) is 17.6. The van der Waals surface area contributed by atoms with Crippen LogP contribution in [-0.2, 0) is 5.41 Å². The van der Waals surface area contributed by atoms with Gasteiger partial charge in [-0.15, -0.1) is 0 Å². The van der Waals surface area contributed by atoms with E-state index in [2.05, 4.69) is 129 Å². The normalized spacial score (nSPS) is 14.1. The van der Waals surface area contributed by atoms with Crippen LogP contribution in [0.1, 0.15) is 77.3 Å². The molecule has 1 aliphatic carbocycles. The maximum Gasteiger partial charge on any atom is 0.0811 e. The van der Waals surface area contributed by atoms with Crippen molar-refractivity contribution in [3.63, 3.8) is 0 Å². The van der Waals surface area contributed by atoms with Crippen LogP contribution in [0.5, 0.6) is 0 Å². The van der Waals surface area contributed by atoms with Crippen LogP contribution in [0.15, 0.2) is 77.5 Å². The standard InChI is InChI=1S/C36H46Si/c1-10-37(11-2,12-3)35-14-13-31(24-35)36(32-18-25(4)15-26(5)19-32,33-20-27(6)16-28(7)21-33)34-22-29(8)17-30(9)23-34/h13,15-24H,10-12,14H2,1-9H3. The molecule has 0 amide bonds. The fourth-order valence-corrected chi connectivity index (χ4v) is 11.0. The van der Waals surface area contributed by atoms with Crippen molar-refractivity contribution >= 4 is 8.07 Å². The molecule has 0 fully saturated rings. The van der Waals surface area contributed by atoms with E-state index in [0.29, 0.717) is 0 Å². The third-order valence-corrected chi connectivity index (χ3v) is 14.8. The highest BCUT2D eigenvalue weighted by Crippen LogP contribution is 2.50. The predicted molar refractivity (Wildman–Crippen MR) is 166 cm³/mol. The van der Waals surface area contributed by atoms with Gasteiger partial charge in [0.2, 0.25) is 0 Å². The Bertz CT molecular complexity index is 1170. The first-order valence-electron chi connectivity index (χ1n) is 14.3. The van der Waals surface area contributed by atoms with Crippen LogP contribution in [-0.4, -0.2) is 8.07 Å². The maximum atomic E-state index is 2.66. The summed E-state index contributed by atoms with van der Waals surface area (Å²) in [7, 11) is -1.46. The fraction of sp³-hybridized carbons (Fsp3) is 0.389. The second-order valence-electron chi connectivity index (χ2n) is 11.8. The average Bonchev–Trinajstić information content (AvgIpc) is 3.30.